The molecule has 3 heterocycles. The molecule has 91 heavy (non-hydrogen) atoms. The summed E-state index contributed by atoms with van der Waals surface area (Å²) in [5.41, 5.74) is 6.34. The van der Waals surface area contributed by atoms with Crippen LogP contribution in [0.1, 0.15) is 95.6 Å². The molecule has 7 rings (SSSR count). The molecule has 0 fully saturated rings. The molecular weight excluding hydrogens is 1270 g/mol. The van der Waals surface area contributed by atoms with Crippen LogP contribution in [0.4, 0.5) is 15.3 Å². The number of halogens is 4. The van der Waals surface area contributed by atoms with Crippen molar-refractivity contribution in [3.63, 3.8) is 0 Å². The number of alkyl carbamates (subject to hydrolysis) is 2. The maximum absolute atomic E-state index is 12.7. The molecule has 4 N–H and O–H groups in total. The molecule has 4 amide bonds. The van der Waals surface area contributed by atoms with Crippen LogP contribution in [0.3, 0.4) is 0 Å². The van der Waals surface area contributed by atoms with Gasteiger partial charge in [-0.15, -0.1) is 10.2 Å². The third kappa shape index (κ3) is 21.3. The Bertz CT molecular complexity index is 3700. The summed E-state index contributed by atoms with van der Waals surface area (Å²) in [5.74, 6) is -1.03. The summed E-state index contributed by atoms with van der Waals surface area (Å²) in [4.78, 5) is 83.4. The number of para-hydroxylation sites is 1. The van der Waals surface area contributed by atoms with Crippen molar-refractivity contribution in [2.24, 2.45) is 4.99 Å². The Labute approximate surface area is 551 Å². The normalized spacial score (nSPS) is 12.2. The van der Waals surface area contributed by atoms with Gasteiger partial charge >= 0.3 is 12.2 Å². The van der Waals surface area contributed by atoms with Crippen molar-refractivity contribution in [1.82, 2.24) is 51.3 Å². The number of amides is 4. The van der Waals surface area contributed by atoms with Crippen molar-refractivity contribution in [2.75, 3.05) is 57.5 Å². The molecule has 0 unspecified atom stereocenters. The van der Waals surface area contributed by atoms with Gasteiger partial charge in [0.05, 0.1) is 53.8 Å². The van der Waals surface area contributed by atoms with E-state index in [9.17, 15) is 28.8 Å². The predicted molar refractivity (Wildman–Crippen MR) is 353 cm³/mol. The van der Waals surface area contributed by atoms with Crippen molar-refractivity contribution in [2.45, 2.75) is 90.4 Å². The van der Waals surface area contributed by atoms with Gasteiger partial charge in [-0.1, -0.05) is 132 Å². The second kappa shape index (κ2) is 35.8. The molecule has 4 aromatic carbocycles. The molecule has 27 heteroatoms. The number of hydrogen-bond acceptors (Lipinski definition) is 17. The third-order valence-corrected chi connectivity index (χ3v) is 16.6. The molecule has 0 spiro atoms. The Morgan fingerprint density at radius 2 is 1.14 bits per heavy atom. The van der Waals surface area contributed by atoms with E-state index in [2.05, 4.69) is 91.1 Å². The lowest BCUT2D eigenvalue weighted by Gasteiger charge is -2.27. The second-order valence-electron chi connectivity index (χ2n) is 20.4. The first-order valence-electron chi connectivity index (χ1n) is 29.3. The summed E-state index contributed by atoms with van der Waals surface area (Å²) in [6.07, 6.45) is 11.3. The Morgan fingerprint density at radius 3 is 1.68 bits per heavy atom. The molecule has 0 saturated carbocycles. The zero-order valence-corrected chi connectivity index (χ0v) is 54.4. The number of hydrogen-bond donors (Lipinski definition) is 4. The summed E-state index contributed by atoms with van der Waals surface area (Å²) in [7, 11) is 0. The maximum Gasteiger partial charge on any atom is 0.407 e. The van der Waals surface area contributed by atoms with Gasteiger partial charge in [-0.05, 0) is 110 Å². The predicted octanol–water partition coefficient (Wildman–Crippen LogP) is 11.8. The van der Waals surface area contributed by atoms with E-state index in [-0.39, 0.29) is 106 Å². The summed E-state index contributed by atoms with van der Waals surface area (Å²) in [6, 6.07) is 22.1. The minimum absolute atomic E-state index is 0.0309. The molecule has 480 valence electrons. The van der Waals surface area contributed by atoms with Crippen LogP contribution in [0.5, 0.6) is 11.5 Å². The highest BCUT2D eigenvalue weighted by atomic mass is 35.5. The molecule has 0 bridgehead atoms. The van der Waals surface area contributed by atoms with Gasteiger partial charge in [-0.25, -0.2) is 9.59 Å². The van der Waals surface area contributed by atoms with E-state index in [4.69, 9.17) is 70.3 Å². The number of thioether (sulfide) groups is 1. The van der Waals surface area contributed by atoms with E-state index in [1.807, 2.05) is 56.5 Å². The highest BCUT2D eigenvalue weighted by Crippen LogP contribution is 2.38. The number of carbonyl (C=O) groups is 6. The SMILES string of the molecule is C=C(CC)C(=O)c1ccc(OCC(=O)NCCCn2cc(CNC(=O)OCCC/N=C(\C=C3/C=CN(CCCOC(=O)NCc4cn(CCCNC(=O)COc5ccc(C(=O)C(=C)CC)c(Cl)c5Cl)nn4)c4ccccc43)Sc3ccccc3C)nn2)c(Cl)c1Cl. The van der Waals surface area contributed by atoms with Crippen LogP contribution in [0.15, 0.2) is 138 Å². The Kier molecular flexibility index (Phi) is 27.5. The fraction of sp³-hybridized carbons (Fsp3) is 0.328. The minimum atomic E-state index is -0.605. The van der Waals surface area contributed by atoms with Crippen LogP contribution in [0.25, 0.3) is 5.57 Å². The first kappa shape index (κ1) is 70.0. The number of fused-ring (bicyclic) bond motifs is 1. The molecule has 6 aromatic rings. The van der Waals surface area contributed by atoms with E-state index in [1.165, 1.54) is 24.3 Å². The van der Waals surface area contributed by atoms with Gasteiger partial charge in [-0.2, -0.15) is 0 Å². The zero-order valence-electron chi connectivity index (χ0n) is 50.5. The van der Waals surface area contributed by atoms with Crippen LogP contribution >= 0.6 is 58.2 Å². The number of nitrogens with zero attached hydrogens (tertiary/aromatic N) is 8. The molecule has 1 aliphatic heterocycles. The summed E-state index contributed by atoms with van der Waals surface area (Å²) >= 11 is 26.8. The van der Waals surface area contributed by atoms with Crippen LogP contribution in [-0.4, -0.2) is 123 Å². The quantitative estimate of drug-likeness (QED) is 0.00730. The standard InChI is InChI=1S/C64H70Cl4N12O10S/c1-6-41(3)61(83)48-20-22-51(59(67)57(48)65)89-39-54(81)69-25-12-29-79-37-45(74-76-79)35-72-63(85)87-32-14-27-71-56(91-53-19-11-8-16-43(53)5)34-44-24-31-78(50-18-10-9-17-47(44)50)28-15-33-88-64(86)73-36-46-38-80(77-75-46)30-13-26-70-55(82)40-90-52-23-21-49(58(66)60(52)68)62(84)42(4)7-2/h8-11,16-24,31,34,37-38H,3-4,6-7,12-15,25-30,32-33,35-36,39-40H2,1-2,5H3,(H,69,81)(H,70,82)(H,72,85)(H,73,86)/b44-34+,71-56+. The average molecular weight is 1340 g/mol. The van der Waals surface area contributed by atoms with Gasteiger partial charge in [0, 0.05) is 79.2 Å². The van der Waals surface area contributed by atoms with E-state index in [0.717, 1.165) is 32.3 Å². The molecular formula is C64H70Cl4N12O10S. The average Bonchev–Trinajstić information content (AvgIpc) is 1.49. The number of aryl methyl sites for hydroxylation is 3. The molecule has 0 saturated heterocycles. The zero-order chi connectivity index (χ0) is 65.2. The number of Topliss-reactive ketones (excluding diaryl/α,β-unsaturated/α-hetero) is 2. The number of ketones is 2. The fourth-order valence-corrected chi connectivity index (χ4v) is 10.5. The fourth-order valence-electron chi connectivity index (χ4n) is 8.62. The lowest BCUT2D eigenvalue weighted by molar-refractivity contribution is -0.123. The number of anilines is 1. The Morgan fingerprint density at radius 1 is 0.626 bits per heavy atom. The van der Waals surface area contributed by atoms with Crippen molar-refractivity contribution in [1.29, 1.82) is 0 Å². The molecule has 2 aromatic heterocycles. The largest absolute Gasteiger partial charge is 0.482 e. The Hall–Kier alpha value is -8.48. The summed E-state index contributed by atoms with van der Waals surface area (Å²) in [5, 5.41) is 28.3. The molecule has 1 aliphatic rings. The number of aliphatic imine (C=N–C) groups is 1. The molecule has 0 atom stereocenters. The van der Waals surface area contributed by atoms with E-state index >= 15 is 0 Å². The van der Waals surface area contributed by atoms with Crippen molar-refractivity contribution < 1.29 is 47.7 Å². The molecule has 22 nitrogen and oxygen atoms in total. The number of ether oxygens (including phenoxy) is 4. The van der Waals surface area contributed by atoms with Crippen LogP contribution < -0.4 is 35.6 Å². The molecule has 0 radical (unpaired) electrons. The number of allylic oxidation sites excluding steroid dienone is 4. The molecule has 0 aliphatic carbocycles. The maximum atomic E-state index is 12.7. The van der Waals surface area contributed by atoms with Gasteiger partial charge in [0.15, 0.2) is 24.8 Å². The number of aromatic nitrogens is 6. The highest BCUT2D eigenvalue weighted by Gasteiger charge is 2.22. The minimum Gasteiger partial charge on any atom is -0.482 e. The third-order valence-electron chi connectivity index (χ3n) is 13.7. The van der Waals surface area contributed by atoms with Crippen LogP contribution in [-0.2, 0) is 45.2 Å². The number of carbonyl (C=O) groups excluding carboxylic acids is 6. The second-order valence-corrected chi connectivity index (χ2v) is 23.0. The van der Waals surface area contributed by atoms with E-state index < -0.39 is 12.2 Å². The van der Waals surface area contributed by atoms with Gasteiger partial charge in [-0.3, -0.25) is 33.5 Å². The first-order chi connectivity index (χ1) is 43.9. The smallest absolute Gasteiger partial charge is 0.407 e. The van der Waals surface area contributed by atoms with E-state index in [0.29, 0.717) is 100 Å². The topological polar surface area (TPSA) is 264 Å². The Balaban J connectivity index is 0.781. The van der Waals surface area contributed by atoms with Crippen LogP contribution in [0, 0.1) is 6.92 Å². The van der Waals surface area contributed by atoms with Gasteiger partial charge in [0.1, 0.15) is 32.9 Å². The van der Waals surface area contributed by atoms with Gasteiger partial charge in [0.25, 0.3) is 11.8 Å². The summed E-state index contributed by atoms with van der Waals surface area (Å²) in [6.45, 7) is 15.6. The number of nitrogens with one attached hydrogen (secondary N) is 4. The van der Waals surface area contributed by atoms with Crippen molar-refractivity contribution in [3.05, 3.63) is 182 Å². The van der Waals surface area contributed by atoms with Crippen LogP contribution in [0.2, 0.25) is 20.1 Å². The van der Waals surface area contributed by atoms with E-state index in [1.54, 1.807) is 33.5 Å². The number of rotatable bonds is 34. The van der Waals surface area contributed by atoms with Gasteiger partial charge < -0.3 is 45.1 Å². The summed E-state index contributed by atoms with van der Waals surface area (Å²) < 4.78 is 25.3. The number of benzene rings is 4. The lowest BCUT2D eigenvalue weighted by Crippen LogP contribution is -2.30. The first-order valence-corrected chi connectivity index (χ1v) is 31.6. The highest BCUT2D eigenvalue weighted by molar-refractivity contribution is 8.14. The van der Waals surface area contributed by atoms with Crippen molar-refractivity contribution >= 4 is 110 Å². The van der Waals surface area contributed by atoms with Crippen molar-refractivity contribution in [3.8, 4) is 11.5 Å². The lowest BCUT2D eigenvalue weighted by atomic mass is 9.99. The monoisotopic (exact) mass is 1340 g/mol. The van der Waals surface area contributed by atoms with Gasteiger partial charge in [0.2, 0.25) is 0 Å².